The van der Waals surface area contributed by atoms with E-state index in [1.165, 1.54) is 4.90 Å². The van der Waals surface area contributed by atoms with Crippen LogP contribution in [0.1, 0.15) is 19.4 Å². The molecule has 0 heterocycles. The summed E-state index contributed by atoms with van der Waals surface area (Å²) in [6.07, 6.45) is 0.0655. The smallest absolute Gasteiger partial charge is 0.323 e. The fraction of sp³-hybridized carbons (Fsp3) is 0.429. The van der Waals surface area contributed by atoms with Crippen LogP contribution >= 0.6 is 23.2 Å². The summed E-state index contributed by atoms with van der Waals surface area (Å²) >= 11 is 11.8. The molecule has 1 N–H and O–H groups in total. The van der Waals surface area contributed by atoms with Crippen molar-refractivity contribution in [3.8, 4) is 0 Å². The maximum atomic E-state index is 12.2. The zero-order valence-electron chi connectivity index (χ0n) is 11.4. The number of rotatable bonds is 6. The molecule has 1 aromatic carbocycles. The Hall–Kier alpha value is -1.26. The second-order valence-electron chi connectivity index (χ2n) is 4.97. The normalized spacial score (nSPS) is 10.7. The van der Waals surface area contributed by atoms with Gasteiger partial charge in [-0.15, -0.1) is 0 Å². The first-order chi connectivity index (χ1) is 9.29. The van der Waals surface area contributed by atoms with E-state index < -0.39 is 5.97 Å². The van der Waals surface area contributed by atoms with Crippen LogP contribution in [0, 0.1) is 5.92 Å². The van der Waals surface area contributed by atoms with E-state index in [1.54, 1.807) is 18.2 Å². The highest BCUT2D eigenvalue weighted by molar-refractivity contribution is 6.35. The van der Waals surface area contributed by atoms with Crippen molar-refractivity contribution in [2.75, 3.05) is 13.1 Å². The lowest BCUT2D eigenvalue weighted by Gasteiger charge is -2.23. The number of aliphatic carboxylic acids is 1. The van der Waals surface area contributed by atoms with E-state index in [2.05, 4.69) is 0 Å². The SMILES string of the molecule is CC(C)CN(CC(=O)O)C(=O)Cc1ccc(Cl)cc1Cl. The quantitative estimate of drug-likeness (QED) is 0.877. The first-order valence-corrected chi connectivity index (χ1v) is 6.98. The highest BCUT2D eigenvalue weighted by atomic mass is 35.5. The maximum Gasteiger partial charge on any atom is 0.323 e. The summed E-state index contributed by atoms with van der Waals surface area (Å²) in [4.78, 5) is 24.3. The van der Waals surface area contributed by atoms with Crippen LogP contribution in [0.3, 0.4) is 0 Å². The Morgan fingerprint density at radius 2 is 1.95 bits per heavy atom. The molecule has 0 aliphatic rings. The van der Waals surface area contributed by atoms with Crippen molar-refractivity contribution in [2.45, 2.75) is 20.3 Å². The van der Waals surface area contributed by atoms with Crippen LogP contribution in [0.15, 0.2) is 18.2 Å². The number of benzene rings is 1. The topological polar surface area (TPSA) is 57.6 Å². The van der Waals surface area contributed by atoms with E-state index >= 15 is 0 Å². The Balaban J connectivity index is 2.81. The summed E-state index contributed by atoms with van der Waals surface area (Å²) in [6.45, 7) is 3.95. The van der Waals surface area contributed by atoms with Crippen molar-refractivity contribution in [3.63, 3.8) is 0 Å². The van der Waals surface area contributed by atoms with Gasteiger partial charge < -0.3 is 10.0 Å². The standard InChI is InChI=1S/C14H17Cl2NO3/c1-9(2)7-17(8-14(19)20)13(18)5-10-3-4-11(15)6-12(10)16/h3-4,6,9H,5,7-8H2,1-2H3,(H,19,20). The Morgan fingerprint density at radius 3 is 2.45 bits per heavy atom. The van der Waals surface area contributed by atoms with Gasteiger partial charge in [0.05, 0.1) is 6.42 Å². The van der Waals surface area contributed by atoms with E-state index in [0.717, 1.165) is 0 Å². The number of amides is 1. The Morgan fingerprint density at radius 1 is 1.30 bits per heavy atom. The number of carboxylic acids is 1. The summed E-state index contributed by atoms with van der Waals surface area (Å²) in [5, 5.41) is 9.77. The first-order valence-electron chi connectivity index (χ1n) is 6.23. The Bertz CT molecular complexity index is 503. The van der Waals surface area contributed by atoms with Crippen LogP contribution in [0.25, 0.3) is 0 Å². The average Bonchev–Trinajstić information content (AvgIpc) is 2.30. The van der Waals surface area contributed by atoms with Gasteiger partial charge in [-0.1, -0.05) is 43.1 Å². The number of carbonyl (C=O) groups excluding carboxylic acids is 1. The molecule has 20 heavy (non-hydrogen) atoms. The maximum absolute atomic E-state index is 12.2. The zero-order chi connectivity index (χ0) is 15.3. The fourth-order valence-electron chi connectivity index (χ4n) is 1.80. The summed E-state index contributed by atoms with van der Waals surface area (Å²) in [7, 11) is 0. The average molecular weight is 318 g/mol. The molecule has 1 amide bonds. The molecule has 0 unspecified atom stereocenters. The fourth-order valence-corrected chi connectivity index (χ4v) is 2.27. The predicted molar refractivity (Wildman–Crippen MR) is 79.2 cm³/mol. The van der Waals surface area contributed by atoms with Gasteiger partial charge >= 0.3 is 5.97 Å². The highest BCUT2D eigenvalue weighted by Crippen LogP contribution is 2.22. The number of hydrogen-bond acceptors (Lipinski definition) is 2. The monoisotopic (exact) mass is 317 g/mol. The van der Waals surface area contributed by atoms with Gasteiger partial charge in [-0.3, -0.25) is 9.59 Å². The second kappa shape index (κ2) is 7.50. The minimum absolute atomic E-state index is 0.0655. The summed E-state index contributed by atoms with van der Waals surface area (Å²) in [5.74, 6) is -1.09. The molecule has 0 aliphatic heterocycles. The molecule has 1 rings (SSSR count). The molecule has 0 atom stereocenters. The van der Waals surface area contributed by atoms with Crippen molar-refractivity contribution < 1.29 is 14.7 Å². The van der Waals surface area contributed by atoms with E-state index in [1.807, 2.05) is 13.8 Å². The van der Waals surface area contributed by atoms with Crippen molar-refractivity contribution >= 4 is 35.1 Å². The lowest BCUT2D eigenvalue weighted by atomic mass is 10.1. The van der Waals surface area contributed by atoms with Gasteiger partial charge in [0, 0.05) is 16.6 Å². The van der Waals surface area contributed by atoms with Crippen LogP contribution in [0.2, 0.25) is 10.0 Å². The summed E-state index contributed by atoms with van der Waals surface area (Å²) in [6, 6.07) is 4.90. The molecule has 0 bridgehead atoms. The van der Waals surface area contributed by atoms with E-state index in [0.29, 0.717) is 22.2 Å². The molecule has 0 saturated heterocycles. The number of carboxylic acid groups (broad SMARTS) is 1. The number of halogens is 2. The molecule has 0 fully saturated rings. The molecule has 0 radical (unpaired) electrons. The lowest BCUT2D eigenvalue weighted by Crippen LogP contribution is -2.39. The number of carbonyl (C=O) groups is 2. The van der Waals surface area contributed by atoms with Crippen LogP contribution in [-0.4, -0.2) is 35.0 Å². The zero-order valence-corrected chi connectivity index (χ0v) is 12.9. The molecule has 0 aromatic heterocycles. The Kier molecular flexibility index (Phi) is 6.30. The molecular weight excluding hydrogens is 301 g/mol. The van der Waals surface area contributed by atoms with Gasteiger partial charge in [0.15, 0.2) is 0 Å². The van der Waals surface area contributed by atoms with Gasteiger partial charge in [-0.25, -0.2) is 0 Å². The first kappa shape index (κ1) is 16.8. The molecular formula is C14H17Cl2NO3. The minimum Gasteiger partial charge on any atom is -0.480 e. The van der Waals surface area contributed by atoms with Gasteiger partial charge in [0.2, 0.25) is 5.91 Å². The van der Waals surface area contributed by atoms with Crippen LogP contribution in [-0.2, 0) is 16.0 Å². The van der Waals surface area contributed by atoms with Crippen LogP contribution in [0.4, 0.5) is 0 Å². The lowest BCUT2D eigenvalue weighted by molar-refractivity contribution is -0.144. The van der Waals surface area contributed by atoms with Crippen LogP contribution in [0.5, 0.6) is 0 Å². The van der Waals surface area contributed by atoms with Gasteiger partial charge in [0.1, 0.15) is 6.54 Å². The van der Waals surface area contributed by atoms with E-state index in [4.69, 9.17) is 28.3 Å². The molecule has 0 saturated carbocycles. The Labute approximate surface area is 128 Å². The molecule has 4 nitrogen and oxygen atoms in total. The van der Waals surface area contributed by atoms with Crippen molar-refractivity contribution in [2.24, 2.45) is 5.92 Å². The number of hydrogen-bond donors (Lipinski definition) is 1. The molecule has 110 valence electrons. The van der Waals surface area contributed by atoms with Crippen molar-refractivity contribution in [3.05, 3.63) is 33.8 Å². The predicted octanol–water partition coefficient (Wildman–Crippen LogP) is 3.11. The second-order valence-corrected chi connectivity index (χ2v) is 5.82. The van der Waals surface area contributed by atoms with Crippen molar-refractivity contribution in [1.82, 2.24) is 4.90 Å². The van der Waals surface area contributed by atoms with Gasteiger partial charge in [0.25, 0.3) is 0 Å². The molecule has 0 spiro atoms. The summed E-state index contributed by atoms with van der Waals surface area (Å²) in [5.41, 5.74) is 0.639. The molecule has 6 heteroatoms. The van der Waals surface area contributed by atoms with E-state index in [-0.39, 0.29) is 24.8 Å². The minimum atomic E-state index is -1.03. The number of nitrogens with zero attached hydrogens (tertiary/aromatic N) is 1. The largest absolute Gasteiger partial charge is 0.480 e. The van der Waals surface area contributed by atoms with E-state index in [9.17, 15) is 9.59 Å². The third-order valence-corrected chi connectivity index (χ3v) is 3.21. The third kappa shape index (κ3) is 5.39. The van der Waals surface area contributed by atoms with Gasteiger partial charge in [-0.05, 0) is 23.6 Å². The highest BCUT2D eigenvalue weighted by Gasteiger charge is 2.19. The van der Waals surface area contributed by atoms with Gasteiger partial charge in [-0.2, -0.15) is 0 Å². The third-order valence-electron chi connectivity index (χ3n) is 2.62. The van der Waals surface area contributed by atoms with Crippen molar-refractivity contribution in [1.29, 1.82) is 0 Å². The van der Waals surface area contributed by atoms with Crippen LogP contribution < -0.4 is 0 Å². The molecule has 1 aromatic rings. The summed E-state index contributed by atoms with van der Waals surface area (Å²) < 4.78 is 0. The molecule has 0 aliphatic carbocycles.